The molecular weight excluding hydrogens is 296 g/mol. The first-order chi connectivity index (χ1) is 9.56. The van der Waals surface area contributed by atoms with Crippen LogP contribution in [0, 0.1) is 10.1 Å². The SMILES string of the molecule is O=[N+]([O-])c1cccc(C(=S)NCc2ccc(Cl)cc2)c1. The maximum atomic E-state index is 10.7. The molecule has 2 aromatic rings. The van der Waals surface area contributed by atoms with Crippen LogP contribution in [0.4, 0.5) is 5.69 Å². The third-order valence-electron chi connectivity index (χ3n) is 2.69. The van der Waals surface area contributed by atoms with Crippen LogP contribution in [0.2, 0.25) is 5.02 Å². The van der Waals surface area contributed by atoms with Crippen molar-refractivity contribution in [2.45, 2.75) is 6.54 Å². The molecule has 6 heteroatoms. The molecule has 1 N–H and O–H groups in total. The van der Waals surface area contributed by atoms with Crippen LogP contribution < -0.4 is 5.32 Å². The molecule has 0 fully saturated rings. The molecule has 0 heterocycles. The largest absolute Gasteiger partial charge is 0.372 e. The Labute approximate surface area is 126 Å². The lowest BCUT2D eigenvalue weighted by Gasteiger charge is -2.08. The summed E-state index contributed by atoms with van der Waals surface area (Å²) in [6.45, 7) is 0.540. The van der Waals surface area contributed by atoms with E-state index in [0.717, 1.165) is 5.56 Å². The van der Waals surface area contributed by atoms with Gasteiger partial charge in [-0.3, -0.25) is 10.1 Å². The molecule has 0 unspecified atom stereocenters. The highest BCUT2D eigenvalue weighted by Gasteiger charge is 2.08. The number of rotatable bonds is 4. The van der Waals surface area contributed by atoms with Gasteiger partial charge in [0.05, 0.1) is 4.92 Å². The molecule has 0 aliphatic heterocycles. The molecular formula is C14H11ClN2O2S. The average Bonchev–Trinajstić information content (AvgIpc) is 2.46. The fourth-order valence-electron chi connectivity index (χ4n) is 1.65. The molecule has 0 aromatic heterocycles. The van der Waals surface area contributed by atoms with E-state index < -0.39 is 4.92 Å². The Morgan fingerprint density at radius 1 is 1.25 bits per heavy atom. The first-order valence-corrected chi connectivity index (χ1v) is 6.62. The molecule has 4 nitrogen and oxygen atoms in total. The Bertz CT molecular complexity index is 644. The summed E-state index contributed by atoms with van der Waals surface area (Å²) < 4.78 is 0. The molecule has 0 radical (unpaired) electrons. The molecule has 0 saturated heterocycles. The average molecular weight is 307 g/mol. The molecule has 0 saturated carbocycles. The number of halogens is 1. The van der Waals surface area contributed by atoms with E-state index in [1.54, 1.807) is 24.3 Å². The minimum absolute atomic E-state index is 0.0261. The van der Waals surface area contributed by atoms with Crippen LogP contribution in [-0.2, 0) is 6.54 Å². The maximum absolute atomic E-state index is 10.7. The summed E-state index contributed by atoms with van der Waals surface area (Å²) in [6.07, 6.45) is 0. The van der Waals surface area contributed by atoms with E-state index in [9.17, 15) is 10.1 Å². The fraction of sp³-hybridized carbons (Fsp3) is 0.0714. The molecule has 0 amide bonds. The molecule has 0 bridgehead atoms. The zero-order valence-electron chi connectivity index (χ0n) is 10.4. The van der Waals surface area contributed by atoms with Crippen molar-refractivity contribution in [2.75, 3.05) is 0 Å². The van der Waals surface area contributed by atoms with Crippen molar-refractivity contribution in [2.24, 2.45) is 0 Å². The van der Waals surface area contributed by atoms with Crippen LogP contribution in [-0.4, -0.2) is 9.91 Å². The molecule has 0 aliphatic rings. The van der Waals surface area contributed by atoms with Crippen LogP contribution in [0.5, 0.6) is 0 Å². The predicted molar refractivity (Wildman–Crippen MR) is 83.1 cm³/mol. The number of hydrogen-bond donors (Lipinski definition) is 1. The summed E-state index contributed by atoms with van der Waals surface area (Å²) in [5.41, 5.74) is 1.68. The second-order valence-electron chi connectivity index (χ2n) is 4.12. The number of non-ortho nitro benzene ring substituents is 1. The summed E-state index contributed by atoms with van der Waals surface area (Å²) in [5, 5.41) is 14.5. The fourth-order valence-corrected chi connectivity index (χ4v) is 1.97. The monoisotopic (exact) mass is 306 g/mol. The zero-order valence-corrected chi connectivity index (χ0v) is 11.9. The van der Waals surface area contributed by atoms with Crippen LogP contribution >= 0.6 is 23.8 Å². The Morgan fingerprint density at radius 2 is 1.95 bits per heavy atom. The van der Waals surface area contributed by atoms with Gasteiger partial charge < -0.3 is 5.32 Å². The van der Waals surface area contributed by atoms with Gasteiger partial charge in [-0.2, -0.15) is 0 Å². The number of nitrogens with one attached hydrogen (secondary N) is 1. The standard InChI is InChI=1S/C14H11ClN2O2S/c15-12-6-4-10(5-7-12)9-16-14(20)11-2-1-3-13(8-11)17(18)19/h1-8H,9H2,(H,16,20). The molecule has 0 spiro atoms. The number of thiocarbonyl (C=S) groups is 1. The van der Waals surface area contributed by atoms with Gasteiger partial charge in [-0.25, -0.2) is 0 Å². The lowest BCUT2D eigenvalue weighted by molar-refractivity contribution is -0.384. The maximum Gasteiger partial charge on any atom is 0.270 e. The second kappa shape index (κ2) is 6.45. The number of nitro benzene ring substituents is 1. The van der Waals surface area contributed by atoms with Crippen LogP contribution in [0.3, 0.4) is 0 Å². The Balaban J connectivity index is 2.03. The molecule has 2 rings (SSSR count). The van der Waals surface area contributed by atoms with E-state index in [0.29, 0.717) is 22.1 Å². The number of hydrogen-bond acceptors (Lipinski definition) is 3. The quantitative estimate of drug-likeness (QED) is 0.531. The van der Waals surface area contributed by atoms with E-state index in [1.807, 2.05) is 12.1 Å². The van der Waals surface area contributed by atoms with Gasteiger partial charge in [-0.15, -0.1) is 0 Å². The van der Waals surface area contributed by atoms with Gasteiger partial charge in [0.1, 0.15) is 4.99 Å². The van der Waals surface area contributed by atoms with E-state index in [2.05, 4.69) is 5.32 Å². The van der Waals surface area contributed by atoms with Gasteiger partial charge in [-0.05, 0) is 17.7 Å². The Morgan fingerprint density at radius 3 is 2.60 bits per heavy atom. The zero-order chi connectivity index (χ0) is 14.5. The van der Waals surface area contributed by atoms with Crippen molar-refractivity contribution in [3.63, 3.8) is 0 Å². The minimum atomic E-state index is -0.439. The first-order valence-electron chi connectivity index (χ1n) is 5.83. The highest BCUT2D eigenvalue weighted by atomic mass is 35.5. The van der Waals surface area contributed by atoms with Crippen molar-refractivity contribution >= 4 is 34.5 Å². The lowest BCUT2D eigenvalue weighted by Crippen LogP contribution is -2.21. The topological polar surface area (TPSA) is 55.2 Å². The minimum Gasteiger partial charge on any atom is -0.372 e. The molecule has 20 heavy (non-hydrogen) atoms. The second-order valence-corrected chi connectivity index (χ2v) is 4.96. The predicted octanol–water partition coefficient (Wildman–Crippen LogP) is 3.71. The van der Waals surface area contributed by atoms with E-state index in [1.165, 1.54) is 12.1 Å². The van der Waals surface area contributed by atoms with Crippen molar-refractivity contribution < 1.29 is 4.92 Å². The van der Waals surface area contributed by atoms with Crippen molar-refractivity contribution in [1.82, 2.24) is 5.32 Å². The number of nitrogens with zero attached hydrogens (tertiary/aromatic N) is 1. The van der Waals surface area contributed by atoms with Gasteiger partial charge in [0, 0.05) is 29.3 Å². The van der Waals surface area contributed by atoms with E-state index in [4.69, 9.17) is 23.8 Å². The Kier molecular flexibility index (Phi) is 4.65. The number of benzene rings is 2. The number of nitro groups is 1. The van der Waals surface area contributed by atoms with Gasteiger partial charge in [0.15, 0.2) is 0 Å². The van der Waals surface area contributed by atoms with Crippen LogP contribution in [0.1, 0.15) is 11.1 Å². The highest BCUT2D eigenvalue weighted by molar-refractivity contribution is 7.80. The summed E-state index contributed by atoms with van der Waals surface area (Å²) in [7, 11) is 0. The normalized spacial score (nSPS) is 10.1. The van der Waals surface area contributed by atoms with Gasteiger partial charge >= 0.3 is 0 Å². The van der Waals surface area contributed by atoms with Gasteiger partial charge in [-0.1, -0.05) is 48.1 Å². The summed E-state index contributed by atoms with van der Waals surface area (Å²) in [4.78, 5) is 10.8. The molecule has 102 valence electrons. The van der Waals surface area contributed by atoms with E-state index >= 15 is 0 Å². The van der Waals surface area contributed by atoms with Crippen LogP contribution in [0.15, 0.2) is 48.5 Å². The first kappa shape index (κ1) is 14.4. The summed E-state index contributed by atoms with van der Waals surface area (Å²) >= 11 is 11.0. The summed E-state index contributed by atoms with van der Waals surface area (Å²) in [5.74, 6) is 0. The smallest absolute Gasteiger partial charge is 0.270 e. The molecule has 2 aromatic carbocycles. The third kappa shape index (κ3) is 3.76. The van der Waals surface area contributed by atoms with Crippen molar-refractivity contribution in [3.8, 4) is 0 Å². The molecule has 0 aliphatic carbocycles. The van der Waals surface area contributed by atoms with Crippen molar-refractivity contribution in [1.29, 1.82) is 0 Å². The summed E-state index contributed by atoms with van der Waals surface area (Å²) in [6, 6.07) is 13.6. The van der Waals surface area contributed by atoms with Crippen molar-refractivity contribution in [3.05, 3.63) is 74.8 Å². The van der Waals surface area contributed by atoms with Crippen LogP contribution in [0.25, 0.3) is 0 Å². The highest BCUT2D eigenvalue weighted by Crippen LogP contribution is 2.14. The van der Waals surface area contributed by atoms with E-state index in [-0.39, 0.29) is 5.69 Å². The Hall–Kier alpha value is -1.98. The molecule has 0 atom stereocenters. The third-order valence-corrected chi connectivity index (χ3v) is 3.32. The van der Waals surface area contributed by atoms with Gasteiger partial charge in [0.2, 0.25) is 0 Å². The van der Waals surface area contributed by atoms with Gasteiger partial charge in [0.25, 0.3) is 5.69 Å². The lowest BCUT2D eigenvalue weighted by atomic mass is 10.2.